The second kappa shape index (κ2) is 7.48. The van der Waals surface area contributed by atoms with Crippen LogP contribution in [0.25, 0.3) is 0 Å². The van der Waals surface area contributed by atoms with Crippen molar-refractivity contribution in [1.82, 2.24) is 0 Å². The molecule has 3 aromatic carbocycles. The third-order valence-corrected chi connectivity index (χ3v) is 6.04. The molecule has 0 heterocycles. The van der Waals surface area contributed by atoms with Gasteiger partial charge in [0.15, 0.2) is 0 Å². The van der Waals surface area contributed by atoms with E-state index in [4.69, 9.17) is 23.2 Å². The Bertz CT molecular complexity index is 989. The van der Waals surface area contributed by atoms with Gasteiger partial charge in [-0.3, -0.25) is 4.72 Å². The number of anilines is 1. The van der Waals surface area contributed by atoms with Crippen LogP contribution in [0.5, 0.6) is 0 Å². The Labute approximate surface area is 157 Å². The minimum atomic E-state index is -3.85. The van der Waals surface area contributed by atoms with Crippen molar-refractivity contribution in [2.24, 2.45) is 0 Å². The Morgan fingerprint density at radius 2 is 1.48 bits per heavy atom. The van der Waals surface area contributed by atoms with Gasteiger partial charge in [-0.2, -0.15) is 0 Å². The fraction of sp³-hybridized carbons (Fsp3) is 0.0526. The van der Waals surface area contributed by atoms with Gasteiger partial charge in [0, 0.05) is 0 Å². The van der Waals surface area contributed by atoms with E-state index in [0.29, 0.717) is 12.1 Å². The van der Waals surface area contributed by atoms with Crippen LogP contribution in [0.4, 0.5) is 5.69 Å². The van der Waals surface area contributed by atoms with Gasteiger partial charge in [-0.15, -0.1) is 0 Å². The van der Waals surface area contributed by atoms with Crippen molar-refractivity contribution in [3.05, 3.63) is 94.0 Å². The van der Waals surface area contributed by atoms with Crippen LogP contribution in [0.15, 0.2) is 77.7 Å². The third-order valence-electron chi connectivity index (χ3n) is 3.70. The van der Waals surface area contributed by atoms with Gasteiger partial charge in [-0.25, -0.2) is 8.42 Å². The van der Waals surface area contributed by atoms with Crippen molar-refractivity contribution in [2.45, 2.75) is 11.3 Å². The highest BCUT2D eigenvalue weighted by atomic mass is 35.5. The predicted molar refractivity (Wildman–Crippen MR) is 103 cm³/mol. The van der Waals surface area contributed by atoms with Gasteiger partial charge in [0.2, 0.25) is 0 Å². The lowest BCUT2D eigenvalue weighted by atomic mass is 10.0. The number of nitrogens with one attached hydrogen (secondary N) is 1. The molecule has 0 amide bonds. The highest BCUT2D eigenvalue weighted by Crippen LogP contribution is 2.31. The van der Waals surface area contributed by atoms with Gasteiger partial charge < -0.3 is 0 Å². The first kappa shape index (κ1) is 17.8. The summed E-state index contributed by atoms with van der Waals surface area (Å²) < 4.78 is 28.1. The van der Waals surface area contributed by atoms with Crippen LogP contribution in [-0.4, -0.2) is 8.42 Å². The monoisotopic (exact) mass is 391 g/mol. The van der Waals surface area contributed by atoms with Crippen LogP contribution in [0.3, 0.4) is 0 Å². The van der Waals surface area contributed by atoms with Crippen LogP contribution in [0, 0.1) is 0 Å². The molecule has 0 saturated carbocycles. The zero-order valence-electron chi connectivity index (χ0n) is 13.1. The molecule has 0 bridgehead atoms. The molecule has 0 spiro atoms. The number of sulfonamides is 1. The topological polar surface area (TPSA) is 46.2 Å². The molecule has 3 aromatic rings. The summed E-state index contributed by atoms with van der Waals surface area (Å²) in [5, 5.41) is 0.208. The Morgan fingerprint density at radius 1 is 0.800 bits per heavy atom. The summed E-state index contributed by atoms with van der Waals surface area (Å²) in [6, 6.07) is 21.7. The van der Waals surface area contributed by atoms with E-state index in [-0.39, 0.29) is 14.9 Å². The molecule has 0 aliphatic rings. The lowest BCUT2D eigenvalue weighted by molar-refractivity contribution is 0.601. The fourth-order valence-electron chi connectivity index (χ4n) is 2.48. The molecule has 0 radical (unpaired) electrons. The molecule has 0 fully saturated rings. The Kier molecular flexibility index (Phi) is 5.33. The van der Waals surface area contributed by atoms with Gasteiger partial charge in [0.05, 0.1) is 15.7 Å². The van der Waals surface area contributed by atoms with Crippen molar-refractivity contribution in [3.8, 4) is 0 Å². The molecule has 0 aromatic heterocycles. The second-order valence-electron chi connectivity index (χ2n) is 5.48. The first-order valence-corrected chi connectivity index (χ1v) is 9.80. The van der Waals surface area contributed by atoms with Crippen LogP contribution in [0.2, 0.25) is 10.0 Å². The average molecular weight is 392 g/mol. The Hall–Kier alpha value is -2.01. The van der Waals surface area contributed by atoms with Gasteiger partial charge in [-0.05, 0) is 35.7 Å². The molecule has 0 saturated heterocycles. The molecular formula is C19H15Cl2NO2S. The van der Waals surface area contributed by atoms with Gasteiger partial charge >= 0.3 is 0 Å². The molecule has 25 heavy (non-hydrogen) atoms. The van der Waals surface area contributed by atoms with E-state index in [1.807, 2.05) is 42.5 Å². The van der Waals surface area contributed by atoms with Crippen molar-refractivity contribution in [1.29, 1.82) is 0 Å². The maximum absolute atomic E-state index is 12.7. The van der Waals surface area contributed by atoms with Crippen LogP contribution in [-0.2, 0) is 16.4 Å². The SMILES string of the molecule is O=S(=O)(Nc1ccccc1Cc1ccccc1)c1cccc(Cl)c1Cl. The number of hydrogen-bond donors (Lipinski definition) is 1. The van der Waals surface area contributed by atoms with Gasteiger partial charge in [0.1, 0.15) is 4.90 Å². The maximum Gasteiger partial charge on any atom is 0.263 e. The van der Waals surface area contributed by atoms with Gasteiger partial charge in [0.25, 0.3) is 10.0 Å². The normalized spacial score (nSPS) is 11.3. The fourth-order valence-corrected chi connectivity index (χ4v) is 4.34. The molecule has 0 unspecified atom stereocenters. The summed E-state index contributed by atoms with van der Waals surface area (Å²) in [6.07, 6.45) is 0.614. The number of benzene rings is 3. The quantitative estimate of drug-likeness (QED) is 0.633. The summed E-state index contributed by atoms with van der Waals surface area (Å²) in [7, 11) is -3.85. The molecule has 0 aliphatic heterocycles. The van der Waals surface area contributed by atoms with Gasteiger partial charge in [-0.1, -0.05) is 77.8 Å². The van der Waals surface area contributed by atoms with Crippen molar-refractivity contribution < 1.29 is 8.42 Å². The summed E-state index contributed by atoms with van der Waals surface area (Å²) in [5.41, 5.74) is 2.48. The molecule has 6 heteroatoms. The summed E-state index contributed by atoms with van der Waals surface area (Å²) in [4.78, 5) is -0.0452. The predicted octanol–water partition coefficient (Wildman–Crippen LogP) is 5.39. The molecule has 128 valence electrons. The third kappa shape index (κ3) is 4.15. The summed E-state index contributed by atoms with van der Waals surface area (Å²) >= 11 is 12.0. The smallest absolute Gasteiger partial charge is 0.263 e. The standard InChI is InChI=1S/C19H15Cl2NO2S/c20-16-10-6-12-18(19(16)21)25(23,24)22-17-11-5-4-9-15(17)13-14-7-2-1-3-8-14/h1-12,22H,13H2. The van der Waals surface area contributed by atoms with E-state index in [1.54, 1.807) is 24.3 Å². The maximum atomic E-state index is 12.7. The van der Waals surface area contributed by atoms with Crippen molar-refractivity contribution in [2.75, 3.05) is 4.72 Å². The molecule has 0 aliphatic carbocycles. The summed E-state index contributed by atoms with van der Waals surface area (Å²) in [6.45, 7) is 0. The first-order valence-electron chi connectivity index (χ1n) is 7.56. The molecule has 3 nitrogen and oxygen atoms in total. The number of hydrogen-bond acceptors (Lipinski definition) is 2. The van der Waals surface area contributed by atoms with Crippen molar-refractivity contribution in [3.63, 3.8) is 0 Å². The molecular weight excluding hydrogens is 377 g/mol. The van der Waals surface area contributed by atoms with Crippen LogP contribution in [0.1, 0.15) is 11.1 Å². The minimum absolute atomic E-state index is 0.0113. The van der Waals surface area contributed by atoms with E-state index in [9.17, 15) is 8.42 Å². The second-order valence-corrected chi connectivity index (χ2v) is 7.91. The molecule has 3 rings (SSSR count). The van der Waals surface area contributed by atoms with E-state index < -0.39 is 10.0 Å². The average Bonchev–Trinajstić information content (AvgIpc) is 2.59. The zero-order chi connectivity index (χ0) is 17.9. The first-order chi connectivity index (χ1) is 12.0. The van der Waals surface area contributed by atoms with E-state index in [2.05, 4.69) is 4.72 Å². The van der Waals surface area contributed by atoms with Crippen molar-refractivity contribution >= 4 is 38.9 Å². The zero-order valence-corrected chi connectivity index (χ0v) is 15.4. The number of halogens is 2. The highest BCUT2D eigenvalue weighted by molar-refractivity contribution is 7.92. The molecule has 0 atom stereocenters. The molecule has 1 N–H and O–H groups in total. The lowest BCUT2D eigenvalue weighted by Crippen LogP contribution is -2.15. The largest absolute Gasteiger partial charge is 0.279 e. The minimum Gasteiger partial charge on any atom is -0.279 e. The van der Waals surface area contributed by atoms with Crippen LogP contribution < -0.4 is 4.72 Å². The van der Waals surface area contributed by atoms with E-state index in [1.165, 1.54) is 6.07 Å². The number of rotatable bonds is 5. The summed E-state index contributed by atoms with van der Waals surface area (Å²) in [5.74, 6) is 0. The highest BCUT2D eigenvalue weighted by Gasteiger charge is 2.20. The van der Waals surface area contributed by atoms with E-state index in [0.717, 1.165) is 11.1 Å². The van der Waals surface area contributed by atoms with Crippen LogP contribution >= 0.6 is 23.2 Å². The van der Waals surface area contributed by atoms with E-state index >= 15 is 0 Å². The Morgan fingerprint density at radius 3 is 2.24 bits per heavy atom. The Balaban J connectivity index is 1.94. The lowest BCUT2D eigenvalue weighted by Gasteiger charge is -2.14. The number of para-hydroxylation sites is 1.